The molecule has 1 aliphatic heterocycles. The summed E-state index contributed by atoms with van der Waals surface area (Å²) < 4.78 is 0. The molecule has 2 aromatic rings. The summed E-state index contributed by atoms with van der Waals surface area (Å²) in [6.07, 6.45) is 2.89. The van der Waals surface area contributed by atoms with Gasteiger partial charge in [-0.2, -0.15) is 0 Å². The van der Waals surface area contributed by atoms with Gasteiger partial charge in [-0.3, -0.25) is 14.5 Å². The molecule has 1 heterocycles. The van der Waals surface area contributed by atoms with Crippen molar-refractivity contribution in [3.8, 4) is 0 Å². The summed E-state index contributed by atoms with van der Waals surface area (Å²) in [5.41, 5.74) is 7.56. The fourth-order valence-corrected chi connectivity index (χ4v) is 2.90. The second kappa shape index (κ2) is 5.20. The van der Waals surface area contributed by atoms with Crippen LogP contribution < -0.4 is 5.73 Å². The molecule has 2 amide bonds. The molecule has 4 heteroatoms. The number of hydrogen-bond acceptors (Lipinski definition) is 3. The Labute approximate surface area is 123 Å². The maximum atomic E-state index is 12.6. The largest absolute Gasteiger partial charge is 0.399 e. The molecular weight excluding hydrogens is 264 g/mol. The zero-order valence-corrected chi connectivity index (χ0v) is 12.1. The number of nitrogens with zero attached hydrogens (tertiary/aromatic N) is 1. The number of hydrogen-bond donors (Lipinski definition) is 1. The number of benzene rings is 2. The molecule has 0 bridgehead atoms. The Hall–Kier alpha value is -2.36. The summed E-state index contributed by atoms with van der Waals surface area (Å²) in [6, 6.07) is 8.97. The van der Waals surface area contributed by atoms with Gasteiger partial charge in [0.2, 0.25) is 0 Å². The van der Waals surface area contributed by atoms with E-state index in [2.05, 4.69) is 6.92 Å². The molecule has 0 spiro atoms. The molecule has 0 aromatic heterocycles. The summed E-state index contributed by atoms with van der Waals surface area (Å²) in [6.45, 7) is 2.56. The number of rotatable bonds is 4. The standard InChI is InChI=1S/C17H18N2O2/c1-2-3-4-8-19-16(20)13-7-5-6-11-9-12(18)10-14(15(11)13)17(19)21/h5-7,9-10H,2-4,8,18H2,1H3. The maximum absolute atomic E-state index is 12.6. The second-order valence-corrected chi connectivity index (χ2v) is 5.44. The Morgan fingerprint density at radius 3 is 2.57 bits per heavy atom. The van der Waals surface area contributed by atoms with Crippen LogP contribution in [0.25, 0.3) is 10.8 Å². The van der Waals surface area contributed by atoms with E-state index >= 15 is 0 Å². The minimum absolute atomic E-state index is 0.195. The van der Waals surface area contributed by atoms with Gasteiger partial charge >= 0.3 is 0 Å². The quantitative estimate of drug-likeness (QED) is 0.532. The lowest BCUT2D eigenvalue weighted by Gasteiger charge is -2.27. The SMILES string of the molecule is CCCCCN1C(=O)c2cccc3cc(N)cc(c23)C1=O. The Morgan fingerprint density at radius 2 is 1.81 bits per heavy atom. The molecule has 0 aliphatic carbocycles. The summed E-state index contributed by atoms with van der Waals surface area (Å²) in [5.74, 6) is -0.425. The van der Waals surface area contributed by atoms with E-state index in [1.54, 1.807) is 18.2 Å². The molecule has 0 atom stereocenters. The number of carbonyl (C=O) groups excluding carboxylic acids is 2. The van der Waals surface area contributed by atoms with E-state index in [9.17, 15) is 9.59 Å². The molecule has 0 saturated heterocycles. The van der Waals surface area contributed by atoms with Crippen molar-refractivity contribution < 1.29 is 9.59 Å². The first-order chi connectivity index (χ1) is 10.1. The van der Waals surface area contributed by atoms with Crippen LogP contribution in [0.1, 0.15) is 46.9 Å². The van der Waals surface area contributed by atoms with E-state index in [1.807, 2.05) is 12.1 Å². The van der Waals surface area contributed by atoms with Crippen molar-refractivity contribution in [2.24, 2.45) is 0 Å². The van der Waals surface area contributed by atoms with Crippen LogP contribution in [0.3, 0.4) is 0 Å². The van der Waals surface area contributed by atoms with Gasteiger partial charge in [0, 0.05) is 23.2 Å². The minimum atomic E-state index is -0.230. The fourth-order valence-electron chi connectivity index (χ4n) is 2.90. The van der Waals surface area contributed by atoms with Crippen molar-refractivity contribution in [3.63, 3.8) is 0 Å². The Balaban J connectivity index is 2.11. The average Bonchev–Trinajstić information content (AvgIpc) is 2.47. The third-order valence-electron chi connectivity index (χ3n) is 3.94. The van der Waals surface area contributed by atoms with Crippen LogP contribution in [-0.4, -0.2) is 23.3 Å². The van der Waals surface area contributed by atoms with Crippen molar-refractivity contribution in [2.45, 2.75) is 26.2 Å². The highest BCUT2D eigenvalue weighted by atomic mass is 16.2. The van der Waals surface area contributed by atoms with Gasteiger partial charge in [0.05, 0.1) is 5.56 Å². The number of imide groups is 1. The van der Waals surface area contributed by atoms with Gasteiger partial charge in [-0.05, 0) is 30.0 Å². The van der Waals surface area contributed by atoms with Gasteiger partial charge in [-0.1, -0.05) is 31.9 Å². The Morgan fingerprint density at radius 1 is 1.05 bits per heavy atom. The first-order valence-electron chi connectivity index (χ1n) is 7.32. The minimum Gasteiger partial charge on any atom is -0.399 e. The normalized spacial score (nSPS) is 14.0. The third kappa shape index (κ3) is 2.17. The van der Waals surface area contributed by atoms with E-state index in [-0.39, 0.29) is 11.8 Å². The topological polar surface area (TPSA) is 63.4 Å². The van der Waals surface area contributed by atoms with Gasteiger partial charge < -0.3 is 5.73 Å². The first-order valence-corrected chi connectivity index (χ1v) is 7.32. The summed E-state index contributed by atoms with van der Waals surface area (Å²) >= 11 is 0. The molecule has 0 fully saturated rings. The summed E-state index contributed by atoms with van der Waals surface area (Å²) in [7, 11) is 0. The van der Waals surface area contributed by atoms with Crippen molar-refractivity contribution in [1.29, 1.82) is 0 Å². The van der Waals surface area contributed by atoms with Gasteiger partial charge in [0.15, 0.2) is 0 Å². The molecule has 3 rings (SSSR count). The van der Waals surface area contributed by atoms with Crippen LogP contribution in [0.4, 0.5) is 5.69 Å². The molecule has 4 nitrogen and oxygen atoms in total. The lowest BCUT2D eigenvalue weighted by Crippen LogP contribution is -2.40. The lowest BCUT2D eigenvalue weighted by molar-refractivity contribution is 0.0608. The highest BCUT2D eigenvalue weighted by Crippen LogP contribution is 2.32. The molecule has 0 radical (unpaired) electrons. The maximum Gasteiger partial charge on any atom is 0.261 e. The van der Waals surface area contributed by atoms with Gasteiger partial charge in [0.1, 0.15) is 0 Å². The smallest absolute Gasteiger partial charge is 0.261 e. The van der Waals surface area contributed by atoms with Crippen molar-refractivity contribution in [1.82, 2.24) is 4.90 Å². The predicted molar refractivity (Wildman–Crippen MR) is 83.3 cm³/mol. The summed E-state index contributed by atoms with van der Waals surface area (Å²) in [5, 5.41) is 1.57. The van der Waals surface area contributed by atoms with Crippen molar-refractivity contribution in [2.75, 3.05) is 12.3 Å². The molecular formula is C17H18N2O2. The van der Waals surface area contributed by atoms with Crippen LogP contribution in [0.5, 0.6) is 0 Å². The monoisotopic (exact) mass is 282 g/mol. The molecule has 2 N–H and O–H groups in total. The van der Waals surface area contributed by atoms with E-state index in [0.717, 1.165) is 30.0 Å². The number of nitrogens with two attached hydrogens (primary N) is 1. The zero-order chi connectivity index (χ0) is 15.0. The van der Waals surface area contributed by atoms with Crippen LogP contribution in [0.15, 0.2) is 30.3 Å². The molecule has 0 saturated carbocycles. The molecule has 1 aliphatic rings. The van der Waals surface area contributed by atoms with E-state index in [1.165, 1.54) is 4.90 Å². The van der Waals surface area contributed by atoms with E-state index in [4.69, 9.17) is 5.73 Å². The predicted octanol–water partition coefficient (Wildman–Crippen LogP) is 3.21. The first kappa shape index (κ1) is 13.6. The number of nitrogen functional groups attached to an aromatic ring is 1. The number of unbranched alkanes of at least 4 members (excludes halogenated alkanes) is 2. The average molecular weight is 282 g/mol. The molecule has 0 unspecified atom stereocenters. The van der Waals surface area contributed by atoms with Gasteiger partial charge in [-0.15, -0.1) is 0 Å². The van der Waals surface area contributed by atoms with Crippen LogP contribution in [-0.2, 0) is 0 Å². The fraction of sp³-hybridized carbons (Fsp3) is 0.294. The molecule has 108 valence electrons. The number of anilines is 1. The van der Waals surface area contributed by atoms with Crippen molar-refractivity contribution in [3.05, 3.63) is 41.5 Å². The molecule has 2 aromatic carbocycles. The Kier molecular flexibility index (Phi) is 3.37. The van der Waals surface area contributed by atoms with Gasteiger partial charge in [0.25, 0.3) is 11.8 Å². The van der Waals surface area contributed by atoms with E-state index < -0.39 is 0 Å². The highest BCUT2D eigenvalue weighted by molar-refractivity contribution is 6.25. The number of carbonyl (C=O) groups is 2. The zero-order valence-electron chi connectivity index (χ0n) is 12.1. The van der Waals surface area contributed by atoms with Crippen LogP contribution >= 0.6 is 0 Å². The van der Waals surface area contributed by atoms with Gasteiger partial charge in [-0.25, -0.2) is 0 Å². The lowest BCUT2D eigenvalue weighted by atomic mass is 9.93. The third-order valence-corrected chi connectivity index (χ3v) is 3.94. The molecule has 21 heavy (non-hydrogen) atoms. The summed E-state index contributed by atoms with van der Waals surface area (Å²) in [4.78, 5) is 26.5. The van der Waals surface area contributed by atoms with Crippen molar-refractivity contribution >= 4 is 28.3 Å². The highest BCUT2D eigenvalue weighted by Gasteiger charge is 2.32. The van der Waals surface area contributed by atoms with E-state index in [0.29, 0.717) is 23.4 Å². The number of amides is 2. The van der Waals surface area contributed by atoms with Crippen LogP contribution in [0, 0.1) is 0 Å². The second-order valence-electron chi connectivity index (χ2n) is 5.44. The Bertz CT molecular complexity index is 737. The van der Waals surface area contributed by atoms with Crippen LogP contribution in [0.2, 0.25) is 0 Å².